The number of carbonyl (C=O) groups excluding carboxylic acids is 1. The van der Waals surface area contributed by atoms with Crippen LogP contribution >= 0.6 is 11.6 Å². The second kappa shape index (κ2) is 3.61. The molecular weight excluding hydrogens is 221 g/mol. The number of ketones is 1. The number of hydrogen-bond acceptors (Lipinski definition) is 3. The summed E-state index contributed by atoms with van der Waals surface area (Å²) in [6, 6.07) is -2.16. The molecule has 0 saturated heterocycles. The molecule has 1 aliphatic heterocycles. The number of alkyl halides is 3. The Morgan fingerprint density at radius 2 is 2.21 bits per heavy atom. The molecule has 0 radical (unpaired) electrons. The summed E-state index contributed by atoms with van der Waals surface area (Å²) in [4.78, 5) is 14.0. The minimum absolute atomic E-state index is 0.377. The molecule has 0 amide bonds. The van der Waals surface area contributed by atoms with Crippen LogP contribution in [0, 0.1) is 0 Å². The second-order valence-corrected chi connectivity index (χ2v) is 3.02. The summed E-state index contributed by atoms with van der Waals surface area (Å²) in [5, 5.41) is 1.87. The lowest BCUT2D eigenvalue weighted by atomic mass is 10.0. The van der Waals surface area contributed by atoms with Crippen molar-refractivity contribution in [1.82, 2.24) is 5.32 Å². The van der Waals surface area contributed by atoms with Gasteiger partial charge in [-0.25, -0.2) is 4.99 Å². The van der Waals surface area contributed by atoms with Crippen LogP contribution in [0.5, 0.6) is 0 Å². The van der Waals surface area contributed by atoms with E-state index in [9.17, 15) is 18.0 Å². The lowest BCUT2D eigenvalue weighted by Crippen LogP contribution is -2.37. The molecular formula is C7H6ClF3N2O. The van der Waals surface area contributed by atoms with Crippen LogP contribution in [-0.2, 0) is 4.79 Å². The van der Waals surface area contributed by atoms with E-state index in [4.69, 9.17) is 11.6 Å². The third-order valence-electron chi connectivity index (χ3n) is 1.60. The van der Waals surface area contributed by atoms with Gasteiger partial charge in [0.15, 0.2) is 17.1 Å². The van der Waals surface area contributed by atoms with Gasteiger partial charge in [0.2, 0.25) is 0 Å². The van der Waals surface area contributed by atoms with E-state index >= 15 is 0 Å². The Kier molecular flexibility index (Phi) is 2.84. The van der Waals surface area contributed by atoms with Crippen LogP contribution in [0.2, 0.25) is 0 Å². The first-order valence-electron chi connectivity index (χ1n) is 3.60. The first kappa shape index (κ1) is 11.0. The molecule has 1 aliphatic rings. The van der Waals surface area contributed by atoms with Gasteiger partial charge in [-0.3, -0.25) is 4.79 Å². The summed E-state index contributed by atoms with van der Waals surface area (Å²) in [5.74, 6) is -0.687. The van der Waals surface area contributed by atoms with Gasteiger partial charge in [-0.2, -0.15) is 13.2 Å². The molecule has 0 saturated carbocycles. The maximum atomic E-state index is 12.3. The predicted molar refractivity (Wildman–Crippen MR) is 45.0 cm³/mol. The number of nitrogens with zero attached hydrogens (tertiary/aromatic N) is 1. The molecule has 14 heavy (non-hydrogen) atoms. The van der Waals surface area contributed by atoms with Gasteiger partial charge in [-0.15, -0.1) is 0 Å². The minimum Gasteiger partial charge on any atom is -0.337 e. The molecule has 1 heterocycles. The van der Waals surface area contributed by atoms with Crippen LogP contribution in [0.1, 0.15) is 6.92 Å². The van der Waals surface area contributed by atoms with E-state index < -0.39 is 23.6 Å². The van der Waals surface area contributed by atoms with Crippen molar-refractivity contribution in [1.29, 1.82) is 0 Å². The van der Waals surface area contributed by atoms with Crippen molar-refractivity contribution in [3.05, 3.63) is 11.8 Å². The third kappa shape index (κ3) is 2.25. The molecule has 1 N–H and O–H groups in total. The van der Waals surface area contributed by atoms with Crippen molar-refractivity contribution in [3.63, 3.8) is 0 Å². The van der Waals surface area contributed by atoms with Crippen molar-refractivity contribution in [3.8, 4) is 0 Å². The summed E-state index contributed by atoms with van der Waals surface area (Å²) in [5.41, 5.74) is -0.443. The average Bonchev–Trinajstić information content (AvgIpc) is 2.01. The molecule has 1 atom stereocenters. The van der Waals surface area contributed by atoms with Crippen molar-refractivity contribution in [2.75, 3.05) is 0 Å². The van der Waals surface area contributed by atoms with E-state index in [-0.39, 0.29) is 5.29 Å². The molecule has 1 unspecified atom stereocenters. The van der Waals surface area contributed by atoms with E-state index in [1.165, 1.54) is 0 Å². The van der Waals surface area contributed by atoms with E-state index in [1.54, 1.807) is 0 Å². The van der Waals surface area contributed by atoms with Crippen LogP contribution in [0.25, 0.3) is 0 Å². The first-order chi connectivity index (χ1) is 6.32. The van der Waals surface area contributed by atoms with E-state index in [2.05, 4.69) is 10.3 Å². The zero-order valence-electron chi connectivity index (χ0n) is 7.02. The Hall–Kier alpha value is -1.04. The Labute approximate surface area is 82.6 Å². The van der Waals surface area contributed by atoms with Crippen molar-refractivity contribution >= 4 is 22.7 Å². The van der Waals surface area contributed by atoms with Gasteiger partial charge in [0.25, 0.3) is 0 Å². The number of aliphatic imine (C=N–C) groups is 1. The van der Waals surface area contributed by atoms with Crippen molar-refractivity contribution < 1.29 is 18.0 Å². The van der Waals surface area contributed by atoms with Crippen LogP contribution in [0.3, 0.4) is 0 Å². The van der Waals surface area contributed by atoms with Gasteiger partial charge >= 0.3 is 6.18 Å². The molecule has 0 aromatic carbocycles. The van der Waals surface area contributed by atoms with Gasteiger partial charge in [0, 0.05) is 11.8 Å². The number of nitrogens with one attached hydrogen (secondary N) is 1. The zero-order valence-corrected chi connectivity index (χ0v) is 7.78. The fourth-order valence-corrected chi connectivity index (χ4v) is 1.13. The van der Waals surface area contributed by atoms with Crippen molar-refractivity contribution in [2.45, 2.75) is 19.1 Å². The fourth-order valence-electron chi connectivity index (χ4n) is 0.980. The highest BCUT2D eigenvalue weighted by Gasteiger charge is 2.44. The monoisotopic (exact) mass is 226 g/mol. The highest BCUT2D eigenvalue weighted by atomic mass is 35.5. The first-order valence-corrected chi connectivity index (χ1v) is 3.97. The maximum Gasteiger partial charge on any atom is 0.415 e. The number of carbonyl (C=O) groups is 1. The molecule has 3 nitrogen and oxygen atoms in total. The lowest BCUT2D eigenvalue weighted by molar-refractivity contribution is -0.142. The molecule has 0 spiro atoms. The number of hydrogen-bond donors (Lipinski definition) is 1. The Bertz CT molecular complexity index is 321. The van der Waals surface area contributed by atoms with Crippen LogP contribution in [0.15, 0.2) is 16.8 Å². The molecule has 0 bridgehead atoms. The van der Waals surface area contributed by atoms with Crippen LogP contribution in [-0.4, -0.2) is 23.3 Å². The van der Waals surface area contributed by atoms with Crippen molar-refractivity contribution in [2.24, 2.45) is 4.99 Å². The maximum absolute atomic E-state index is 12.3. The third-order valence-corrected chi connectivity index (χ3v) is 1.81. The van der Waals surface area contributed by atoms with E-state index in [0.717, 1.165) is 13.1 Å². The molecule has 0 fully saturated rings. The number of Topliss-reactive ketones (excluding diaryl/α,β-unsaturated/α-hetero) is 1. The highest BCUT2D eigenvalue weighted by molar-refractivity contribution is 6.65. The summed E-state index contributed by atoms with van der Waals surface area (Å²) in [7, 11) is 0. The quantitative estimate of drug-likeness (QED) is 0.690. The standard InChI is InChI=1S/C7H6ClF3N2O/c1-3(14)4-2-12-6(8)13-5(4)7(9,10)11/h2,5H,1H3,(H,12,13). The molecule has 78 valence electrons. The highest BCUT2D eigenvalue weighted by Crippen LogP contribution is 2.30. The fraction of sp³-hybridized carbons (Fsp3) is 0.429. The van der Waals surface area contributed by atoms with Crippen LogP contribution in [0.4, 0.5) is 13.2 Å². The van der Waals surface area contributed by atoms with Gasteiger partial charge in [0.1, 0.15) is 0 Å². The number of halogens is 4. The topological polar surface area (TPSA) is 41.5 Å². The summed E-state index contributed by atoms with van der Waals surface area (Å²) >= 11 is 5.27. The normalized spacial score (nSPS) is 22.2. The zero-order chi connectivity index (χ0) is 10.9. The number of amidine groups is 1. The predicted octanol–water partition coefficient (Wildman–Crippen LogP) is 1.59. The van der Waals surface area contributed by atoms with Gasteiger partial charge < -0.3 is 5.32 Å². The SMILES string of the molecule is CC(=O)C1=CNC(Cl)=NC1C(F)(F)F. The van der Waals surface area contributed by atoms with E-state index in [1.807, 2.05) is 0 Å². The summed E-state index contributed by atoms with van der Waals surface area (Å²) in [6.07, 6.45) is -3.67. The number of rotatable bonds is 1. The molecule has 0 aliphatic carbocycles. The van der Waals surface area contributed by atoms with Gasteiger partial charge in [0.05, 0.1) is 0 Å². The summed E-state index contributed by atoms with van der Waals surface area (Å²) in [6.45, 7) is 1.04. The van der Waals surface area contributed by atoms with Gasteiger partial charge in [-0.1, -0.05) is 0 Å². The average molecular weight is 227 g/mol. The van der Waals surface area contributed by atoms with Crippen LogP contribution < -0.4 is 5.32 Å². The summed E-state index contributed by atoms with van der Waals surface area (Å²) < 4.78 is 37.0. The molecule has 0 aromatic rings. The molecule has 1 rings (SSSR count). The van der Waals surface area contributed by atoms with E-state index in [0.29, 0.717) is 0 Å². The lowest BCUT2D eigenvalue weighted by Gasteiger charge is -2.21. The Morgan fingerprint density at radius 1 is 1.64 bits per heavy atom. The van der Waals surface area contributed by atoms with Gasteiger partial charge in [-0.05, 0) is 18.5 Å². The largest absolute Gasteiger partial charge is 0.415 e. The smallest absolute Gasteiger partial charge is 0.337 e. The second-order valence-electron chi connectivity index (χ2n) is 2.66. The Morgan fingerprint density at radius 3 is 2.64 bits per heavy atom. The molecule has 0 aromatic heterocycles. The Balaban J connectivity index is 3.03. The minimum atomic E-state index is -4.60. The molecule has 7 heteroatoms.